The highest BCUT2D eigenvalue weighted by molar-refractivity contribution is 8.00. The molecule has 17 heavy (non-hydrogen) atoms. The quantitative estimate of drug-likeness (QED) is 0.654. The number of thioether (sulfide) groups is 1. The van der Waals surface area contributed by atoms with Crippen molar-refractivity contribution < 1.29 is 0 Å². The molecular weight excluding hydrogens is 252 g/mol. The van der Waals surface area contributed by atoms with Crippen LogP contribution in [0.3, 0.4) is 0 Å². The van der Waals surface area contributed by atoms with Gasteiger partial charge >= 0.3 is 0 Å². The number of nitrogens with one attached hydrogen (secondary N) is 1. The molecule has 92 valence electrons. The van der Waals surface area contributed by atoms with Crippen LogP contribution in [-0.2, 0) is 6.42 Å². The monoisotopic (exact) mass is 268 g/mol. The van der Waals surface area contributed by atoms with Crippen LogP contribution in [0.4, 0.5) is 0 Å². The minimum Gasteiger partial charge on any atom is -0.297 e. The predicted molar refractivity (Wildman–Crippen MR) is 73.4 cm³/mol. The number of aromatic nitrogens is 2. The third-order valence-electron chi connectivity index (χ3n) is 3.20. The van der Waals surface area contributed by atoms with Crippen LogP contribution in [-0.4, -0.2) is 26.4 Å². The summed E-state index contributed by atoms with van der Waals surface area (Å²) in [5.41, 5.74) is 4.09. The largest absolute Gasteiger partial charge is 0.297 e. The van der Waals surface area contributed by atoms with Crippen LogP contribution >= 0.6 is 23.1 Å². The molecule has 2 unspecified atom stereocenters. The lowest BCUT2D eigenvalue weighted by atomic mass is 10.1. The summed E-state index contributed by atoms with van der Waals surface area (Å²) in [7, 11) is 0. The van der Waals surface area contributed by atoms with E-state index in [-0.39, 0.29) is 0 Å². The van der Waals surface area contributed by atoms with Gasteiger partial charge in [-0.15, -0.1) is 11.3 Å². The van der Waals surface area contributed by atoms with E-state index in [9.17, 15) is 0 Å². The summed E-state index contributed by atoms with van der Waals surface area (Å²) < 4.78 is 2.08. The molecule has 0 amide bonds. The second-order valence-corrected chi connectivity index (χ2v) is 6.57. The summed E-state index contributed by atoms with van der Waals surface area (Å²) in [4.78, 5) is 5.67. The van der Waals surface area contributed by atoms with Crippen LogP contribution < -0.4 is 11.3 Å². The molecule has 1 fully saturated rings. The Kier molecular flexibility index (Phi) is 3.37. The second-order valence-electron chi connectivity index (χ2n) is 4.35. The molecule has 0 bridgehead atoms. The van der Waals surface area contributed by atoms with Crippen molar-refractivity contribution in [1.29, 1.82) is 0 Å². The smallest absolute Gasteiger partial charge is 0.193 e. The third-order valence-corrected chi connectivity index (χ3v) is 5.49. The average Bonchev–Trinajstić information content (AvgIpc) is 3.01. The molecule has 0 aromatic carbocycles. The standard InChI is InChI=1S/C11H16N4S2/c12-14-9(10-2-1-4-16-10)6-8-7-15-3-5-17-11(15)13-8/h3,5,7,9-10,14H,1-2,4,6,12H2. The first-order valence-corrected chi connectivity index (χ1v) is 7.78. The maximum Gasteiger partial charge on any atom is 0.193 e. The molecule has 2 atom stereocenters. The van der Waals surface area contributed by atoms with Crippen molar-refractivity contribution in [3.05, 3.63) is 23.5 Å². The Morgan fingerprint density at radius 1 is 1.65 bits per heavy atom. The zero-order valence-electron chi connectivity index (χ0n) is 9.50. The van der Waals surface area contributed by atoms with Crippen molar-refractivity contribution in [2.75, 3.05) is 5.75 Å². The number of fused-ring (bicyclic) bond motifs is 1. The summed E-state index contributed by atoms with van der Waals surface area (Å²) in [5.74, 6) is 6.94. The Labute approximate surface area is 109 Å². The molecule has 0 saturated carbocycles. The number of nitrogens with two attached hydrogens (primary N) is 1. The van der Waals surface area contributed by atoms with E-state index in [1.54, 1.807) is 11.3 Å². The van der Waals surface area contributed by atoms with E-state index < -0.39 is 0 Å². The molecule has 0 aliphatic carbocycles. The lowest BCUT2D eigenvalue weighted by Crippen LogP contribution is -2.43. The second kappa shape index (κ2) is 4.97. The fourth-order valence-electron chi connectivity index (χ4n) is 2.32. The van der Waals surface area contributed by atoms with E-state index >= 15 is 0 Å². The SMILES string of the molecule is NNC(Cc1cn2ccsc2n1)C1CCCS1. The van der Waals surface area contributed by atoms with E-state index in [0.29, 0.717) is 11.3 Å². The highest BCUT2D eigenvalue weighted by atomic mass is 32.2. The van der Waals surface area contributed by atoms with Crippen LogP contribution in [0, 0.1) is 0 Å². The van der Waals surface area contributed by atoms with Crippen molar-refractivity contribution in [2.45, 2.75) is 30.6 Å². The van der Waals surface area contributed by atoms with E-state index in [1.165, 1.54) is 18.6 Å². The molecule has 2 aromatic rings. The molecule has 0 radical (unpaired) electrons. The lowest BCUT2D eigenvalue weighted by Gasteiger charge is -2.20. The zero-order valence-corrected chi connectivity index (χ0v) is 11.1. The number of rotatable bonds is 4. The number of hydrogen-bond donors (Lipinski definition) is 2. The molecule has 1 saturated heterocycles. The van der Waals surface area contributed by atoms with Gasteiger partial charge in [0.25, 0.3) is 0 Å². The van der Waals surface area contributed by atoms with Crippen molar-refractivity contribution in [3.8, 4) is 0 Å². The number of nitrogens with zero attached hydrogens (tertiary/aromatic N) is 2. The summed E-state index contributed by atoms with van der Waals surface area (Å²) in [6, 6.07) is 0.340. The molecule has 3 heterocycles. The lowest BCUT2D eigenvalue weighted by molar-refractivity contribution is 0.492. The van der Waals surface area contributed by atoms with E-state index in [2.05, 4.69) is 26.4 Å². The van der Waals surface area contributed by atoms with Gasteiger partial charge in [-0.05, 0) is 18.6 Å². The zero-order chi connectivity index (χ0) is 11.7. The van der Waals surface area contributed by atoms with Gasteiger partial charge in [-0.25, -0.2) is 4.98 Å². The summed E-state index contributed by atoms with van der Waals surface area (Å²) in [5, 5.41) is 2.69. The molecule has 3 rings (SSSR count). The van der Waals surface area contributed by atoms with Gasteiger partial charge in [-0.3, -0.25) is 15.7 Å². The van der Waals surface area contributed by atoms with E-state index in [4.69, 9.17) is 5.84 Å². The maximum absolute atomic E-state index is 5.67. The van der Waals surface area contributed by atoms with Crippen molar-refractivity contribution in [3.63, 3.8) is 0 Å². The number of thiazole rings is 1. The molecule has 6 heteroatoms. The van der Waals surface area contributed by atoms with E-state index in [1.807, 2.05) is 18.0 Å². The fourth-order valence-corrected chi connectivity index (χ4v) is 4.41. The number of hydrazine groups is 1. The summed E-state index contributed by atoms with van der Waals surface area (Å²) in [6.07, 6.45) is 7.65. The Morgan fingerprint density at radius 3 is 3.29 bits per heavy atom. The molecule has 2 aromatic heterocycles. The first-order chi connectivity index (χ1) is 8.36. The highest BCUT2D eigenvalue weighted by Crippen LogP contribution is 2.29. The summed E-state index contributed by atoms with van der Waals surface area (Å²) >= 11 is 3.70. The molecular formula is C11H16N4S2. The van der Waals surface area contributed by atoms with Gasteiger partial charge in [0.05, 0.1) is 5.69 Å². The molecule has 1 aliphatic rings. The van der Waals surface area contributed by atoms with Gasteiger partial charge < -0.3 is 0 Å². The van der Waals surface area contributed by atoms with Crippen LogP contribution in [0.15, 0.2) is 17.8 Å². The average molecular weight is 268 g/mol. The minimum absolute atomic E-state index is 0.340. The van der Waals surface area contributed by atoms with Crippen LogP contribution in [0.2, 0.25) is 0 Å². The first-order valence-electron chi connectivity index (χ1n) is 5.85. The Balaban J connectivity index is 1.73. The predicted octanol–water partition coefficient (Wildman–Crippen LogP) is 1.67. The van der Waals surface area contributed by atoms with Crippen LogP contribution in [0.1, 0.15) is 18.5 Å². The molecule has 4 nitrogen and oxygen atoms in total. The third kappa shape index (κ3) is 2.35. The molecule has 3 N–H and O–H groups in total. The van der Waals surface area contributed by atoms with Gasteiger partial charge in [0.2, 0.25) is 0 Å². The van der Waals surface area contributed by atoms with E-state index in [0.717, 1.165) is 17.1 Å². The first kappa shape index (κ1) is 11.5. The number of imidazole rings is 1. The Bertz CT molecular complexity index is 458. The summed E-state index contributed by atoms with van der Waals surface area (Å²) in [6.45, 7) is 0. The number of hydrogen-bond acceptors (Lipinski definition) is 5. The minimum atomic E-state index is 0.340. The van der Waals surface area contributed by atoms with Gasteiger partial charge in [0, 0.05) is 35.5 Å². The highest BCUT2D eigenvalue weighted by Gasteiger charge is 2.25. The maximum atomic E-state index is 5.67. The van der Waals surface area contributed by atoms with Gasteiger partial charge in [0.15, 0.2) is 4.96 Å². The fraction of sp³-hybridized carbons (Fsp3) is 0.545. The van der Waals surface area contributed by atoms with Crippen molar-refractivity contribution in [1.82, 2.24) is 14.8 Å². The topological polar surface area (TPSA) is 55.3 Å². The Morgan fingerprint density at radius 2 is 2.59 bits per heavy atom. The van der Waals surface area contributed by atoms with Crippen LogP contribution in [0.5, 0.6) is 0 Å². The van der Waals surface area contributed by atoms with Crippen molar-refractivity contribution >= 4 is 28.1 Å². The van der Waals surface area contributed by atoms with Crippen LogP contribution in [0.25, 0.3) is 4.96 Å². The van der Waals surface area contributed by atoms with Gasteiger partial charge in [-0.2, -0.15) is 11.8 Å². The molecule has 0 spiro atoms. The Hall–Kier alpha value is -0.560. The van der Waals surface area contributed by atoms with Crippen molar-refractivity contribution in [2.24, 2.45) is 5.84 Å². The van der Waals surface area contributed by atoms with Gasteiger partial charge in [0.1, 0.15) is 0 Å². The van der Waals surface area contributed by atoms with Gasteiger partial charge in [-0.1, -0.05) is 0 Å². The normalized spacial score (nSPS) is 22.3. The molecule has 1 aliphatic heterocycles.